The van der Waals surface area contributed by atoms with Crippen molar-refractivity contribution in [2.75, 3.05) is 25.0 Å². The molecule has 0 unspecified atom stereocenters. The Morgan fingerprint density at radius 1 is 1.23 bits per heavy atom. The Morgan fingerprint density at radius 3 is 2.74 bits per heavy atom. The number of halogens is 1. The van der Waals surface area contributed by atoms with Crippen molar-refractivity contribution in [3.8, 4) is 0 Å². The Labute approximate surface area is 212 Å². The first-order chi connectivity index (χ1) is 16.8. The number of nitrogens with one attached hydrogen (secondary N) is 1. The summed E-state index contributed by atoms with van der Waals surface area (Å²) in [4.78, 5) is 5.24. The molecule has 7 nitrogen and oxygen atoms in total. The van der Waals surface area contributed by atoms with E-state index in [2.05, 4.69) is 16.5 Å². The van der Waals surface area contributed by atoms with Gasteiger partial charge in [0.25, 0.3) is 0 Å². The third-order valence-corrected chi connectivity index (χ3v) is 9.34. The van der Waals surface area contributed by atoms with E-state index in [4.69, 9.17) is 16.6 Å². The van der Waals surface area contributed by atoms with Gasteiger partial charge in [0.2, 0.25) is 10.0 Å². The van der Waals surface area contributed by atoms with Crippen LogP contribution in [-0.4, -0.2) is 54.8 Å². The van der Waals surface area contributed by atoms with Crippen LogP contribution in [0.3, 0.4) is 0 Å². The number of aryl methyl sites for hydroxylation is 1. The maximum atomic E-state index is 13.1. The topological polar surface area (TPSA) is 79.6 Å². The Bertz CT molecular complexity index is 1420. The zero-order valence-corrected chi connectivity index (χ0v) is 21.6. The lowest BCUT2D eigenvalue weighted by molar-refractivity contribution is 0.282. The summed E-state index contributed by atoms with van der Waals surface area (Å²) in [5.74, 6) is 1.23. The van der Waals surface area contributed by atoms with Gasteiger partial charge in [0, 0.05) is 42.5 Å². The zero-order chi connectivity index (χ0) is 24.6. The molecular weight excluding hydrogens is 481 g/mol. The van der Waals surface area contributed by atoms with Crippen molar-refractivity contribution < 1.29 is 8.42 Å². The molecule has 35 heavy (non-hydrogen) atoms. The first-order valence-electron chi connectivity index (χ1n) is 12.0. The van der Waals surface area contributed by atoms with Crippen molar-refractivity contribution in [2.24, 2.45) is 5.92 Å². The summed E-state index contributed by atoms with van der Waals surface area (Å²) in [5, 5.41) is 8.90. The van der Waals surface area contributed by atoms with Crippen LogP contribution in [0, 0.1) is 12.8 Å². The molecular formula is C25H29BClN5O2S. The van der Waals surface area contributed by atoms with E-state index in [0.29, 0.717) is 23.9 Å². The fraction of sp³-hybridized carbons (Fsp3) is 0.360. The van der Waals surface area contributed by atoms with E-state index >= 15 is 0 Å². The maximum absolute atomic E-state index is 13.1. The van der Waals surface area contributed by atoms with Crippen molar-refractivity contribution in [3.63, 3.8) is 0 Å². The molecule has 3 heterocycles. The summed E-state index contributed by atoms with van der Waals surface area (Å²) >= 11 is 6.53. The lowest BCUT2D eigenvalue weighted by Crippen LogP contribution is -2.40. The molecule has 0 spiro atoms. The highest BCUT2D eigenvalue weighted by Crippen LogP contribution is 2.31. The van der Waals surface area contributed by atoms with Crippen molar-refractivity contribution in [3.05, 3.63) is 65.0 Å². The molecule has 3 aromatic rings. The largest absolute Gasteiger partial charge is 0.370 e. The van der Waals surface area contributed by atoms with E-state index in [1.807, 2.05) is 49.8 Å². The van der Waals surface area contributed by atoms with Crippen LogP contribution in [0.2, 0.25) is 0 Å². The number of hydrogen-bond donors (Lipinski definition) is 1. The number of sulfonamides is 1. The molecule has 1 aromatic carbocycles. The van der Waals surface area contributed by atoms with Crippen molar-refractivity contribution >= 4 is 52.0 Å². The average molecular weight is 510 g/mol. The van der Waals surface area contributed by atoms with Crippen LogP contribution in [0.5, 0.6) is 0 Å². The van der Waals surface area contributed by atoms with Gasteiger partial charge in [-0.15, -0.1) is 0 Å². The van der Waals surface area contributed by atoms with E-state index in [9.17, 15) is 8.42 Å². The molecule has 1 saturated heterocycles. The van der Waals surface area contributed by atoms with Crippen LogP contribution >= 0.6 is 11.6 Å². The molecule has 1 aliphatic heterocycles. The number of nitrogens with zero attached hydrogens (tertiary/aromatic N) is 4. The molecule has 10 heteroatoms. The highest BCUT2D eigenvalue weighted by molar-refractivity contribution is 7.89. The first kappa shape index (κ1) is 24.1. The number of benzene rings is 1. The van der Waals surface area contributed by atoms with Crippen LogP contribution in [-0.2, 0) is 10.0 Å². The van der Waals surface area contributed by atoms with Gasteiger partial charge in [-0.3, -0.25) is 0 Å². The van der Waals surface area contributed by atoms with Crippen LogP contribution in [0.15, 0.2) is 58.6 Å². The number of rotatable bonds is 6. The highest BCUT2D eigenvalue weighted by Gasteiger charge is 2.30. The third-order valence-electron chi connectivity index (χ3n) is 6.89. The second kappa shape index (κ2) is 9.80. The predicted molar refractivity (Wildman–Crippen MR) is 143 cm³/mol. The second-order valence-corrected chi connectivity index (χ2v) is 11.7. The van der Waals surface area contributed by atoms with Gasteiger partial charge in [-0.1, -0.05) is 42.0 Å². The summed E-state index contributed by atoms with van der Waals surface area (Å²) in [5.41, 5.74) is 4.38. The van der Waals surface area contributed by atoms with Crippen molar-refractivity contribution in [2.45, 2.75) is 37.5 Å². The van der Waals surface area contributed by atoms with Gasteiger partial charge >= 0.3 is 0 Å². The van der Waals surface area contributed by atoms with Crippen LogP contribution in [0.25, 0.3) is 11.2 Å². The van der Waals surface area contributed by atoms with E-state index in [1.54, 1.807) is 16.4 Å². The number of allylic oxidation sites excluding steroid dienone is 4. The SMILES string of the molecule is Bc1cnn2c(NCC3CCN(S(=O)(=O)c4ccccc4C)CC3)cc(C3=C(Cl)CCC=C3)nc12. The quantitative estimate of drug-likeness (QED) is 0.517. The van der Waals surface area contributed by atoms with Crippen molar-refractivity contribution in [1.82, 2.24) is 18.9 Å². The third kappa shape index (κ3) is 4.77. The molecule has 0 atom stereocenters. The molecule has 1 aliphatic carbocycles. The number of fused-ring (bicyclic) bond motifs is 1. The number of aromatic nitrogens is 3. The maximum Gasteiger partial charge on any atom is 0.243 e. The lowest BCUT2D eigenvalue weighted by atomic mass is 9.98. The first-order valence-corrected chi connectivity index (χ1v) is 13.9. The fourth-order valence-corrected chi connectivity index (χ4v) is 6.75. The molecule has 0 radical (unpaired) electrons. The van der Waals surface area contributed by atoms with E-state index in [-0.39, 0.29) is 0 Å². The normalized spacial score (nSPS) is 17.9. The molecule has 5 rings (SSSR count). The minimum absolute atomic E-state index is 0.360. The summed E-state index contributed by atoms with van der Waals surface area (Å²) in [7, 11) is -1.47. The smallest absolute Gasteiger partial charge is 0.243 e. The number of anilines is 1. The zero-order valence-electron chi connectivity index (χ0n) is 20.0. The van der Waals surface area contributed by atoms with E-state index < -0.39 is 10.0 Å². The Kier molecular flexibility index (Phi) is 6.74. The van der Waals surface area contributed by atoms with Crippen LogP contribution in [0.4, 0.5) is 5.82 Å². The predicted octanol–water partition coefficient (Wildman–Crippen LogP) is 3.11. The standard InChI is InChI=1S/C25H29BClN5O2S/c1-17-6-2-5-9-23(17)35(33,34)31-12-10-18(11-13-31)15-28-24-14-22(19-7-3-4-8-21(19)27)30-25-20(26)16-29-32(24)25/h2-3,5-7,9,14,16,18,28H,4,8,10-13,15,26H2,1H3. The minimum Gasteiger partial charge on any atom is -0.370 e. The van der Waals surface area contributed by atoms with Gasteiger partial charge in [0.05, 0.1) is 10.6 Å². The van der Waals surface area contributed by atoms with E-state index in [0.717, 1.165) is 71.0 Å². The molecule has 0 bridgehead atoms. The number of hydrogen-bond acceptors (Lipinski definition) is 5. The van der Waals surface area contributed by atoms with Crippen molar-refractivity contribution in [1.29, 1.82) is 0 Å². The van der Waals surface area contributed by atoms with Gasteiger partial charge in [-0.05, 0) is 55.6 Å². The Morgan fingerprint density at radius 2 is 2.00 bits per heavy atom. The highest BCUT2D eigenvalue weighted by atomic mass is 35.5. The van der Waals surface area contributed by atoms with Gasteiger partial charge in [0.1, 0.15) is 13.7 Å². The van der Waals surface area contributed by atoms with Gasteiger partial charge in [-0.25, -0.2) is 13.4 Å². The molecule has 0 saturated carbocycles. The number of piperidine rings is 1. The van der Waals surface area contributed by atoms with Gasteiger partial charge in [-0.2, -0.15) is 13.9 Å². The molecule has 2 aromatic heterocycles. The Balaban J connectivity index is 1.30. The molecule has 182 valence electrons. The monoisotopic (exact) mass is 509 g/mol. The lowest BCUT2D eigenvalue weighted by Gasteiger charge is -2.31. The summed E-state index contributed by atoms with van der Waals surface area (Å²) in [6.45, 7) is 3.62. The average Bonchev–Trinajstić information content (AvgIpc) is 3.24. The fourth-order valence-electron chi connectivity index (χ4n) is 4.78. The van der Waals surface area contributed by atoms with E-state index in [1.165, 1.54) is 0 Å². The summed E-state index contributed by atoms with van der Waals surface area (Å²) < 4.78 is 29.7. The molecule has 1 fully saturated rings. The minimum atomic E-state index is -3.47. The molecule has 1 N–H and O–H groups in total. The summed E-state index contributed by atoms with van der Waals surface area (Å²) in [6, 6.07) is 9.19. The molecule has 2 aliphatic rings. The summed E-state index contributed by atoms with van der Waals surface area (Å²) in [6.07, 6.45) is 9.37. The van der Waals surface area contributed by atoms with Crippen LogP contribution in [0.1, 0.15) is 36.9 Å². The molecule has 0 amide bonds. The van der Waals surface area contributed by atoms with Gasteiger partial charge < -0.3 is 5.32 Å². The Hall–Kier alpha value is -2.62. The second-order valence-electron chi connectivity index (χ2n) is 9.34. The van der Waals surface area contributed by atoms with Crippen LogP contribution < -0.4 is 10.8 Å². The van der Waals surface area contributed by atoms with Gasteiger partial charge in [0.15, 0.2) is 5.65 Å².